The van der Waals surface area contributed by atoms with Crippen LogP contribution in [0.1, 0.15) is 28.4 Å². The van der Waals surface area contributed by atoms with Gasteiger partial charge in [0.2, 0.25) is 0 Å². The number of esters is 1. The monoisotopic (exact) mass is 333 g/mol. The largest absolute Gasteiger partial charge is 0.462 e. The first kappa shape index (κ1) is 17.0. The van der Waals surface area contributed by atoms with Crippen molar-refractivity contribution >= 4 is 21.7 Å². The maximum Gasteiger partial charge on any atom is 0.338 e. The number of sulfonamides is 1. The van der Waals surface area contributed by atoms with Gasteiger partial charge in [-0.05, 0) is 56.2 Å². The van der Waals surface area contributed by atoms with E-state index in [1.54, 1.807) is 44.2 Å². The Bertz CT molecular complexity index is 828. The molecular weight excluding hydrogens is 314 g/mol. The molecule has 2 aromatic carbocycles. The molecule has 0 radical (unpaired) electrons. The first-order chi connectivity index (χ1) is 10.8. The minimum Gasteiger partial charge on any atom is -0.462 e. The molecule has 0 unspecified atom stereocenters. The Kier molecular flexibility index (Phi) is 5.05. The second-order valence-corrected chi connectivity index (χ2v) is 6.83. The van der Waals surface area contributed by atoms with Crippen molar-refractivity contribution in [3.05, 3.63) is 59.2 Å². The summed E-state index contributed by atoms with van der Waals surface area (Å²) in [7, 11) is -3.72. The van der Waals surface area contributed by atoms with Gasteiger partial charge < -0.3 is 4.74 Å². The second kappa shape index (κ2) is 6.83. The molecule has 0 aromatic heterocycles. The molecule has 0 saturated heterocycles. The summed E-state index contributed by atoms with van der Waals surface area (Å²) >= 11 is 0. The molecule has 0 aliphatic rings. The fourth-order valence-corrected chi connectivity index (χ4v) is 3.51. The Balaban J connectivity index is 2.32. The summed E-state index contributed by atoms with van der Waals surface area (Å²) in [6, 6.07) is 11.5. The maximum absolute atomic E-state index is 12.6. The number of hydrogen-bond donors (Lipinski definition) is 1. The highest BCUT2D eigenvalue weighted by Gasteiger charge is 2.18. The van der Waals surface area contributed by atoms with E-state index in [0.29, 0.717) is 16.8 Å². The van der Waals surface area contributed by atoms with E-state index >= 15 is 0 Å². The lowest BCUT2D eigenvalue weighted by Crippen LogP contribution is -2.15. The van der Waals surface area contributed by atoms with Gasteiger partial charge in [0.25, 0.3) is 10.0 Å². The first-order valence-corrected chi connectivity index (χ1v) is 8.69. The van der Waals surface area contributed by atoms with Gasteiger partial charge in [0, 0.05) is 5.69 Å². The molecule has 0 saturated carbocycles. The zero-order chi connectivity index (χ0) is 17.0. The third-order valence-electron chi connectivity index (χ3n) is 3.26. The highest BCUT2D eigenvalue weighted by Crippen LogP contribution is 2.21. The summed E-state index contributed by atoms with van der Waals surface area (Å²) in [5.41, 5.74) is 2.13. The first-order valence-electron chi connectivity index (χ1n) is 7.21. The van der Waals surface area contributed by atoms with E-state index in [1.807, 2.05) is 13.0 Å². The van der Waals surface area contributed by atoms with E-state index in [-0.39, 0.29) is 11.5 Å². The van der Waals surface area contributed by atoms with E-state index in [4.69, 9.17) is 4.74 Å². The van der Waals surface area contributed by atoms with Crippen LogP contribution in [0.25, 0.3) is 0 Å². The van der Waals surface area contributed by atoms with Gasteiger partial charge in [-0.25, -0.2) is 13.2 Å². The van der Waals surface area contributed by atoms with Gasteiger partial charge in [-0.15, -0.1) is 0 Å². The summed E-state index contributed by atoms with van der Waals surface area (Å²) < 4.78 is 32.5. The zero-order valence-electron chi connectivity index (χ0n) is 13.3. The molecular formula is C17H19NO4S. The Morgan fingerprint density at radius 2 is 1.87 bits per heavy atom. The summed E-state index contributed by atoms with van der Waals surface area (Å²) in [5.74, 6) is -0.486. The fraction of sp³-hybridized carbons (Fsp3) is 0.235. The number of benzene rings is 2. The molecule has 1 N–H and O–H groups in total. The lowest BCUT2D eigenvalue weighted by Gasteiger charge is -2.12. The Labute approximate surface area is 136 Å². The maximum atomic E-state index is 12.6. The predicted octanol–water partition coefficient (Wildman–Crippen LogP) is 3.28. The molecule has 0 aliphatic carbocycles. The summed E-state index contributed by atoms with van der Waals surface area (Å²) in [6.45, 7) is 5.55. The molecule has 0 aliphatic heterocycles. The van der Waals surface area contributed by atoms with Crippen molar-refractivity contribution in [1.82, 2.24) is 0 Å². The van der Waals surface area contributed by atoms with Gasteiger partial charge in [-0.2, -0.15) is 0 Å². The van der Waals surface area contributed by atoms with Crippen LogP contribution in [0.2, 0.25) is 0 Å². The van der Waals surface area contributed by atoms with E-state index < -0.39 is 16.0 Å². The van der Waals surface area contributed by atoms with Crippen LogP contribution < -0.4 is 4.72 Å². The topological polar surface area (TPSA) is 72.5 Å². The van der Waals surface area contributed by atoms with E-state index in [9.17, 15) is 13.2 Å². The van der Waals surface area contributed by atoms with Crippen LogP contribution in [0.4, 0.5) is 5.69 Å². The van der Waals surface area contributed by atoms with Crippen LogP contribution >= 0.6 is 0 Å². The molecule has 5 nitrogen and oxygen atoms in total. The Hall–Kier alpha value is -2.34. The lowest BCUT2D eigenvalue weighted by molar-refractivity contribution is 0.0526. The molecule has 2 rings (SSSR count). The van der Waals surface area contributed by atoms with Crippen molar-refractivity contribution in [3.63, 3.8) is 0 Å². The normalized spacial score (nSPS) is 11.1. The molecule has 6 heteroatoms. The van der Waals surface area contributed by atoms with Gasteiger partial charge in [-0.3, -0.25) is 4.72 Å². The van der Waals surface area contributed by atoms with Gasteiger partial charge in [0.15, 0.2) is 0 Å². The smallest absolute Gasteiger partial charge is 0.338 e. The molecule has 122 valence electrons. The number of carbonyl (C=O) groups excluding carboxylic acids is 1. The van der Waals surface area contributed by atoms with Crippen LogP contribution in [0.3, 0.4) is 0 Å². The summed E-state index contributed by atoms with van der Waals surface area (Å²) in [5, 5.41) is 0. The number of hydrogen-bond acceptors (Lipinski definition) is 4. The number of rotatable bonds is 5. The van der Waals surface area contributed by atoms with Crippen LogP contribution in [0.15, 0.2) is 47.4 Å². The van der Waals surface area contributed by atoms with Crippen LogP contribution in [-0.2, 0) is 14.8 Å². The van der Waals surface area contributed by atoms with Crippen molar-refractivity contribution < 1.29 is 17.9 Å². The lowest BCUT2D eigenvalue weighted by atomic mass is 10.2. The number of anilines is 1. The van der Waals surface area contributed by atoms with E-state index in [2.05, 4.69) is 4.72 Å². The molecule has 0 amide bonds. The second-order valence-electron chi connectivity index (χ2n) is 5.18. The predicted molar refractivity (Wildman–Crippen MR) is 89.1 cm³/mol. The average Bonchev–Trinajstić information content (AvgIpc) is 2.49. The van der Waals surface area contributed by atoms with Gasteiger partial charge in [0.1, 0.15) is 0 Å². The molecule has 0 bridgehead atoms. The van der Waals surface area contributed by atoms with Crippen LogP contribution in [0, 0.1) is 13.8 Å². The molecule has 2 aromatic rings. The fourth-order valence-electron chi connectivity index (χ4n) is 2.13. The van der Waals surface area contributed by atoms with Crippen molar-refractivity contribution in [3.8, 4) is 0 Å². The Morgan fingerprint density at radius 1 is 1.13 bits per heavy atom. The average molecular weight is 333 g/mol. The van der Waals surface area contributed by atoms with Gasteiger partial charge >= 0.3 is 5.97 Å². The van der Waals surface area contributed by atoms with Crippen LogP contribution in [0.5, 0.6) is 0 Å². The molecule has 0 spiro atoms. The number of ether oxygens (including phenoxy) is 1. The number of aryl methyl sites for hydroxylation is 2. The minimum absolute atomic E-state index is 0.221. The van der Waals surface area contributed by atoms with Crippen molar-refractivity contribution in [2.24, 2.45) is 0 Å². The highest BCUT2D eigenvalue weighted by atomic mass is 32.2. The quantitative estimate of drug-likeness (QED) is 0.852. The van der Waals surface area contributed by atoms with Gasteiger partial charge in [0.05, 0.1) is 17.1 Å². The van der Waals surface area contributed by atoms with Crippen molar-refractivity contribution in [1.29, 1.82) is 0 Å². The standard InChI is InChI=1S/C17H19NO4S/c1-4-22-17(19)14-6-5-7-15(11-14)18-23(20,21)16-10-12(2)8-9-13(16)3/h5-11,18H,4H2,1-3H3. The minimum atomic E-state index is -3.72. The summed E-state index contributed by atoms with van der Waals surface area (Å²) in [6.07, 6.45) is 0. The third-order valence-corrected chi connectivity index (χ3v) is 4.78. The number of carbonyl (C=O) groups is 1. The van der Waals surface area contributed by atoms with Crippen molar-refractivity contribution in [2.45, 2.75) is 25.7 Å². The third kappa shape index (κ3) is 4.10. The highest BCUT2D eigenvalue weighted by molar-refractivity contribution is 7.92. The molecule has 23 heavy (non-hydrogen) atoms. The molecule has 0 fully saturated rings. The number of nitrogens with one attached hydrogen (secondary N) is 1. The molecule has 0 heterocycles. The van der Waals surface area contributed by atoms with Gasteiger partial charge in [-0.1, -0.05) is 18.2 Å². The zero-order valence-corrected chi connectivity index (χ0v) is 14.1. The Morgan fingerprint density at radius 3 is 2.57 bits per heavy atom. The van der Waals surface area contributed by atoms with E-state index in [1.165, 1.54) is 6.07 Å². The SMILES string of the molecule is CCOC(=O)c1cccc(NS(=O)(=O)c2cc(C)ccc2C)c1. The van der Waals surface area contributed by atoms with E-state index in [0.717, 1.165) is 5.56 Å². The van der Waals surface area contributed by atoms with Crippen molar-refractivity contribution in [2.75, 3.05) is 11.3 Å². The summed E-state index contributed by atoms with van der Waals surface area (Å²) in [4.78, 5) is 12.0. The molecule has 0 atom stereocenters. The van der Waals surface area contributed by atoms with Crippen LogP contribution in [-0.4, -0.2) is 21.0 Å².